The fourth-order valence-corrected chi connectivity index (χ4v) is 2.82. The van der Waals surface area contributed by atoms with Gasteiger partial charge >= 0.3 is 5.97 Å². The average molecular weight is 313 g/mol. The second kappa shape index (κ2) is 16.8. The molecule has 0 aromatic heterocycles. The van der Waals surface area contributed by atoms with Crippen LogP contribution in [0.4, 0.5) is 0 Å². The Labute approximate surface area is 139 Å². The van der Waals surface area contributed by atoms with Gasteiger partial charge in [-0.25, -0.2) is 0 Å². The summed E-state index contributed by atoms with van der Waals surface area (Å²) in [5.74, 6) is 0.218. The predicted octanol–water partition coefficient (Wildman–Crippen LogP) is 6.67. The smallest absolute Gasteiger partial charge is 0.308 e. The third-order valence-corrected chi connectivity index (χ3v) is 4.39. The maximum absolute atomic E-state index is 12.2. The van der Waals surface area contributed by atoms with Crippen LogP contribution in [0.15, 0.2) is 0 Å². The zero-order valence-electron chi connectivity index (χ0n) is 15.5. The molecule has 2 heteroatoms. The molecule has 0 aromatic rings. The minimum atomic E-state index is 0.0681. The molecule has 2 nitrogen and oxygen atoms in total. The third kappa shape index (κ3) is 13.2. The van der Waals surface area contributed by atoms with Gasteiger partial charge in [-0.05, 0) is 19.3 Å². The molecular weight excluding hydrogens is 272 g/mol. The summed E-state index contributed by atoms with van der Waals surface area (Å²) in [6.45, 7) is 7.28. The van der Waals surface area contributed by atoms with Crippen LogP contribution in [0.5, 0.6) is 0 Å². The van der Waals surface area contributed by atoms with E-state index in [1.165, 1.54) is 57.8 Å². The zero-order chi connectivity index (χ0) is 16.5. The van der Waals surface area contributed by atoms with Gasteiger partial charge in [0.05, 0.1) is 12.5 Å². The summed E-state index contributed by atoms with van der Waals surface area (Å²) in [4.78, 5) is 12.2. The zero-order valence-corrected chi connectivity index (χ0v) is 15.5. The second-order valence-electron chi connectivity index (χ2n) is 6.62. The van der Waals surface area contributed by atoms with Crippen molar-refractivity contribution in [3.63, 3.8) is 0 Å². The van der Waals surface area contributed by atoms with E-state index in [0.29, 0.717) is 6.61 Å². The third-order valence-electron chi connectivity index (χ3n) is 4.39. The van der Waals surface area contributed by atoms with Crippen molar-refractivity contribution in [1.29, 1.82) is 0 Å². The molecule has 0 rings (SSSR count). The Morgan fingerprint density at radius 3 is 1.82 bits per heavy atom. The largest absolute Gasteiger partial charge is 0.465 e. The fourth-order valence-electron chi connectivity index (χ4n) is 2.82. The van der Waals surface area contributed by atoms with Crippen molar-refractivity contribution < 1.29 is 9.53 Å². The maximum Gasteiger partial charge on any atom is 0.308 e. The Morgan fingerprint density at radius 1 is 0.682 bits per heavy atom. The van der Waals surface area contributed by atoms with Crippen LogP contribution >= 0.6 is 0 Å². The fraction of sp³-hybridized carbons (Fsp3) is 0.950. The predicted molar refractivity (Wildman–Crippen MR) is 96.1 cm³/mol. The lowest BCUT2D eigenvalue weighted by atomic mass is 9.95. The SMILES string of the molecule is CCCCCCCCOC(=O)C(CCCC)CCCCCC. The molecule has 0 spiro atoms. The molecule has 0 saturated carbocycles. The topological polar surface area (TPSA) is 26.3 Å². The van der Waals surface area contributed by atoms with Crippen molar-refractivity contribution in [1.82, 2.24) is 0 Å². The number of unbranched alkanes of at least 4 members (excludes halogenated alkanes) is 9. The van der Waals surface area contributed by atoms with Crippen LogP contribution in [0.2, 0.25) is 0 Å². The van der Waals surface area contributed by atoms with E-state index in [-0.39, 0.29) is 11.9 Å². The molecule has 0 saturated heterocycles. The molecule has 0 bridgehead atoms. The van der Waals surface area contributed by atoms with Crippen LogP contribution in [-0.4, -0.2) is 12.6 Å². The van der Waals surface area contributed by atoms with E-state index in [0.717, 1.165) is 32.1 Å². The molecular formula is C20H40O2. The Hall–Kier alpha value is -0.530. The van der Waals surface area contributed by atoms with E-state index in [9.17, 15) is 4.79 Å². The van der Waals surface area contributed by atoms with Gasteiger partial charge in [0, 0.05) is 0 Å². The number of esters is 1. The Kier molecular flexibility index (Phi) is 16.4. The molecule has 1 atom stereocenters. The lowest BCUT2D eigenvalue weighted by Gasteiger charge is -2.15. The molecule has 0 radical (unpaired) electrons. The highest BCUT2D eigenvalue weighted by Gasteiger charge is 2.18. The van der Waals surface area contributed by atoms with Crippen molar-refractivity contribution in [3.05, 3.63) is 0 Å². The van der Waals surface area contributed by atoms with Gasteiger partial charge in [0.25, 0.3) is 0 Å². The Balaban J connectivity index is 3.80. The molecule has 0 aromatic carbocycles. The number of carbonyl (C=O) groups excluding carboxylic acids is 1. The second-order valence-corrected chi connectivity index (χ2v) is 6.62. The molecule has 0 aliphatic rings. The van der Waals surface area contributed by atoms with Gasteiger partial charge in [-0.2, -0.15) is 0 Å². The molecule has 0 heterocycles. The Bertz CT molecular complexity index is 238. The summed E-state index contributed by atoms with van der Waals surface area (Å²) in [6.07, 6.45) is 16.8. The Morgan fingerprint density at radius 2 is 1.18 bits per heavy atom. The van der Waals surface area contributed by atoms with E-state index in [4.69, 9.17) is 4.74 Å². The lowest BCUT2D eigenvalue weighted by Crippen LogP contribution is -2.18. The van der Waals surface area contributed by atoms with Crippen molar-refractivity contribution >= 4 is 5.97 Å². The van der Waals surface area contributed by atoms with Gasteiger partial charge in [0.15, 0.2) is 0 Å². The summed E-state index contributed by atoms with van der Waals surface area (Å²) < 4.78 is 5.53. The number of hydrogen-bond acceptors (Lipinski definition) is 2. The van der Waals surface area contributed by atoms with Gasteiger partial charge in [-0.1, -0.05) is 91.4 Å². The van der Waals surface area contributed by atoms with Crippen molar-refractivity contribution in [2.45, 2.75) is 111 Å². The summed E-state index contributed by atoms with van der Waals surface area (Å²) >= 11 is 0. The standard InChI is InChI=1S/C20H40O2/c1-4-7-10-12-13-15-18-22-20(21)19(16-9-6-3)17-14-11-8-5-2/h19H,4-18H2,1-3H3. The molecule has 0 aliphatic heterocycles. The van der Waals surface area contributed by atoms with Crippen LogP contribution in [0.25, 0.3) is 0 Å². The monoisotopic (exact) mass is 312 g/mol. The van der Waals surface area contributed by atoms with Crippen LogP contribution in [0.1, 0.15) is 111 Å². The maximum atomic E-state index is 12.2. The van der Waals surface area contributed by atoms with Crippen molar-refractivity contribution in [3.8, 4) is 0 Å². The summed E-state index contributed by atoms with van der Waals surface area (Å²) in [5, 5.41) is 0. The highest BCUT2D eigenvalue weighted by atomic mass is 16.5. The highest BCUT2D eigenvalue weighted by molar-refractivity contribution is 5.72. The minimum Gasteiger partial charge on any atom is -0.465 e. The van der Waals surface area contributed by atoms with E-state index in [2.05, 4.69) is 20.8 Å². The van der Waals surface area contributed by atoms with E-state index < -0.39 is 0 Å². The van der Waals surface area contributed by atoms with Crippen LogP contribution < -0.4 is 0 Å². The molecule has 0 aliphatic carbocycles. The lowest BCUT2D eigenvalue weighted by molar-refractivity contribution is -0.149. The molecule has 1 unspecified atom stereocenters. The first-order valence-electron chi connectivity index (χ1n) is 9.92. The number of hydrogen-bond donors (Lipinski definition) is 0. The number of carbonyl (C=O) groups is 1. The van der Waals surface area contributed by atoms with Gasteiger partial charge in [0.2, 0.25) is 0 Å². The van der Waals surface area contributed by atoms with Gasteiger partial charge in [-0.3, -0.25) is 4.79 Å². The highest BCUT2D eigenvalue weighted by Crippen LogP contribution is 2.19. The average Bonchev–Trinajstić information content (AvgIpc) is 2.53. The molecule has 132 valence electrons. The molecule has 0 fully saturated rings. The summed E-state index contributed by atoms with van der Waals surface area (Å²) in [7, 11) is 0. The minimum absolute atomic E-state index is 0.0681. The summed E-state index contributed by atoms with van der Waals surface area (Å²) in [6, 6.07) is 0. The van der Waals surface area contributed by atoms with E-state index >= 15 is 0 Å². The van der Waals surface area contributed by atoms with Gasteiger partial charge in [0.1, 0.15) is 0 Å². The first-order valence-corrected chi connectivity index (χ1v) is 9.92. The first-order chi connectivity index (χ1) is 10.8. The first kappa shape index (κ1) is 21.5. The van der Waals surface area contributed by atoms with Crippen LogP contribution in [0, 0.1) is 5.92 Å². The quantitative estimate of drug-likeness (QED) is 0.235. The van der Waals surface area contributed by atoms with E-state index in [1.54, 1.807) is 0 Å². The number of ether oxygens (including phenoxy) is 1. The molecule has 0 N–H and O–H groups in total. The van der Waals surface area contributed by atoms with Crippen LogP contribution in [0.3, 0.4) is 0 Å². The number of rotatable bonds is 16. The van der Waals surface area contributed by atoms with Crippen LogP contribution in [-0.2, 0) is 9.53 Å². The molecule has 0 amide bonds. The molecule has 22 heavy (non-hydrogen) atoms. The van der Waals surface area contributed by atoms with Gasteiger partial charge < -0.3 is 4.74 Å². The summed E-state index contributed by atoms with van der Waals surface area (Å²) in [5.41, 5.74) is 0. The van der Waals surface area contributed by atoms with Crippen molar-refractivity contribution in [2.75, 3.05) is 6.61 Å². The van der Waals surface area contributed by atoms with Crippen molar-refractivity contribution in [2.24, 2.45) is 5.92 Å². The normalized spacial score (nSPS) is 12.3. The van der Waals surface area contributed by atoms with Gasteiger partial charge in [-0.15, -0.1) is 0 Å². The van der Waals surface area contributed by atoms with E-state index in [1.807, 2.05) is 0 Å².